The number of aromatic amines is 1. The molecule has 0 saturated carbocycles. The number of hydrogen-bond donors (Lipinski definition) is 2. The quantitative estimate of drug-likeness (QED) is 0.812. The molecule has 2 heterocycles. The molecule has 2 rings (SSSR count). The molecular weight excluding hydrogens is 248 g/mol. The molecule has 1 aliphatic rings. The molecule has 1 aromatic heterocycles. The summed E-state index contributed by atoms with van der Waals surface area (Å²) in [7, 11) is 0. The van der Waals surface area contributed by atoms with Gasteiger partial charge in [0.1, 0.15) is 5.56 Å². The Hall–Kier alpha value is -1.17. The van der Waals surface area contributed by atoms with Crippen molar-refractivity contribution in [3.05, 3.63) is 11.3 Å². The highest BCUT2D eigenvalue weighted by atomic mass is 32.2. The summed E-state index contributed by atoms with van der Waals surface area (Å²) in [6, 6.07) is 0. The van der Waals surface area contributed by atoms with Gasteiger partial charge in [0.2, 0.25) is 0 Å². The number of aromatic nitrogens is 2. The number of hydrogen-bond acceptors (Lipinski definition) is 4. The molecule has 100 valence electrons. The van der Waals surface area contributed by atoms with Crippen LogP contribution in [-0.2, 0) is 0 Å². The van der Waals surface area contributed by atoms with E-state index in [1.54, 1.807) is 0 Å². The highest BCUT2D eigenvalue weighted by Crippen LogP contribution is 2.31. The predicted molar refractivity (Wildman–Crippen MR) is 74.8 cm³/mol. The molecule has 0 radical (unpaired) electrons. The molecule has 5 nitrogen and oxygen atoms in total. The molecule has 1 amide bonds. The van der Waals surface area contributed by atoms with Crippen LogP contribution in [0.2, 0.25) is 0 Å². The Morgan fingerprint density at radius 2 is 2.22 bits per heavy atom. The zero-order valence-corrected chi connectivity index (χ0v) is 11.9. The Morgan fingerprint density at radius 1 is 1.50 bits per heavy atom. The molecule has 1 fully saturated rings. The average Bonchev–Trinajstić information content (AvgIpc) is 2.51. The largest absolute Gasteiger partial charge is 0.382 e. The van der Waals surface area contributed by atoms with Crippen molar-refractivity contribution in [3.63, 3.8) is 0 Å². The van der Waals surface area contributed by atoms with Crippen molar-refractivity contribution in [3.8, 4) is 0 Å². The van der Waals surface area contributed by atoms with E-state index in [-0.39, 0.29) is 10.7 Å². The number of nitrogens with one attached hydrogen (secondary N) is 1. The topological polar surface area (TPSA) is 75.0 Å². The normalized spacial score (nSPS) is 19.6. The number of anilines is 1. The lowest BCUT2D eigenvalue weighted by Gasteiger charge is -2.22. The van der Waals surface area contributed by atoms with E-state index in [1.807, 2.05) is 23.6 Å². The number of thioether (sulfide) groups is 1. The van der Waals surface area contributed by atoms with Gasteiger partial charge in [-0.2, -0.15) is 16.9 Å². The van der Waals surface area contributed by atoms with E-state index in [0.717, 1.165) is 31.0 Å². The molecule has 0 spiro atoms. The molecule has 0 aliphatic carbocycles. The van der Waals surface area contributed by atoms with Crippen LogP contribution in [-0.4, -0.2) is 44.6 Å². The van der Waals surface area contributed by atoms with Crippen molar-refractivity contribution in [2.75, 3.05) is 24.6 Å². The van der Waals surface area contributed by atoms with Gasteiger partial charge in [-0.1, -0.05) is 13.8 Å². The second-order valence-electron chi connectivity index (χ2n) is 5.26. The minimum Gasteiger partial charge on any atom is -0.382 e. The lowest BCUT2D eigenvalue weighted by Crippen LogP contribution is -2.34. The van der Waals surface area contributed by atoms with Gasteiger partial charge in [0, 0.05) is 29.3 Å². The number of carbonyl (C=O) groups is 1. The summed E-state index contributed by atoms with van der Waals surface area (Å²) >= 11 is 1.92. The van der Waals surface area contributed by atoms with E-state index in [1.165, 1.54) is 0 Å². The summed E-state index contributed by atoms with van der Waals surface area (Å²) < 4.78 is 0.242. The second-order valence-corrected chi connectivity index (χ2v) is 7.06. The number of nitrogens with zero attached hydrogens (tertiary/aromatic N) is 2. The van der Waals surface area contributed by atoms with E-state index in [0.29, 0.717) is 11.4 Å². The van der Waals surface area contributed by atoms with Gasteiger partial charge in [-0.05, 0) is 13.3 Å². The monoisotopic (exact) mass is 268 g/mol. The van der Waals surface area contributed by atoms with Crippen LogP contribution in [0.15, 0.2) is 0 Å². The third-order valence-electron chi connectivity index (χ3n) is 3.31. The summed E-state index contributed by atoms with van der Waals surface area (Å²) in [5.41, 5.74) is 7.02. The maximum Gasteiger partial charge on any atom is 0.259 e. The van der Waals surface area contributed by atoms with Crippen LogP contribution in [0.5, 0.6) is 0 Å². The minimum absolute atomic E-state index is 0.00273. The van der Waals surface area contributed by atoms with E-state index in [2.05, 4.69) is 24.0 Å². The van der Waals surface area contributed by atoms with Crippen LogP contribution >= 0.6 is 11.8 Å². The number of nitrogen functional groups attached to an aromatic ring is 1. The zero-order chi connectivity index (χ0) is 13.3. The smallest absolute Gasteiger partial charge is 0.259 e. The first-order valence-corrected chi connectivity index (χ1v) is 7.13. The Morgan fingerprint density at radius 3 is 2.83 bits per heavy atom. The predicted octanol–water partition coefficient (Wildman–Crippen LogP) is 1.66. The van der Waals surface area contributed by atoms with Crippen LogP contribution in [0.4, 0.5) is 5.82 Å². The SMILES string of the molecule is Cc1[nH]nc(N)c1C(=O)N1CCSC(C)(C)CC1. The van der Waals surface area contributed by atoms with Crippen LogP contribution in [0.1, 0.15) is 36.3 Å². The van der Waals surface area contributed by atoms with Crippen LogP contribution in [0.3, 0.4) is 0 Å². The summed E-state index contributed by atoms with van der Waals surface area (Å²) in [5.74, 6) is 1.26. The molecule has 1 saturated heterocycles. The van der Waals surface area contributed by atoms with Gasteiger partial charge in [0.25, 0.3) is 5.91 Å². The van der Waals surface area contributed by atoms with E-state index in [9.17, 15) is 4.79 Å². The van der Waals surface area contributed by atoms with Gasteiger partial charge in [-0.15, -0.1) is 0 Å². The van der Waals surface area contributed by atoms with Crippen molar-refractivity contribution < 1.29 is 4.79 Å². The first kappa shape index (κ1) is 13.3. The van der Waals surface area contributed by atoms with Crippen LogP contribution in [0.25, 0.3) is 0 Å². The van der Waals surface area contributed by atoms with Gasteiger partial charge in [-0.25, -0.2) is 0 Å². The van der Waals surface area contributed by atoms with Gasteiger partial charge in [0.05, 0.1) is 0 Å². The molecule has 0 aromatic carbocycles. The van der Waals surface area contributed by atoms with Gasteiger partial charge in [-0.3, -0.25) is 9.89 Å². The van der Waals surface area contributed by atoms with E-state index in [4.69, 9.17) is 5.73 Å². The molecule has 1 aromatic rings. The third-order valence-corrected chi connectivity index (χ3v) is 4.69. The van der Waals surface area contributed by atoms with Crippen molar-refractivity contribution in [2.45, 2.75) is 31.9 Å². The molecule has 3 N–H and O–H groups in total. The number of amides is 1. The Labute approximate surface area is 111 Å². The highest BCUT2D eigenvalue weighted by Gasteiger charge is 2.28. The summed E-state index contributed by atoms with van der Waals surface area (Å²) in [4.78, 5) is 14.3. The van der Waals surface area contributed by atoms with Gasteiger partial charge >= 0.3 is 0 Å². The number of aryl methyl sites for hydroxylation is 1. The lowest BCUT2D eigenvalue weighted by atomic mass is 10.1. The molecule has 0 atom stereocenters. The fraction of sp³-hybridized carbons (Fsp3) is 0.667. The standard InChI is InChI=1S/C12H20N4OS/c1-8-9(10(13)15-14-8)11(17)16-5-4-12(2,3)18-7-6-16/h4-7H2,1-3H3,(H3,13,14,15). The van der Waals surface area contributed by atoms with Crippen molar-refractivity contribution in [1.82, 2.24) is 15.1 Å². The highest BCUT2D eigenvalue weighted by molar-refractivity contribution is 8.00. The zero-order valence-electron chi connectivity index (χ0n) is 11.1. The van der Waals surface area contributed by atoms with Crippen molar-refractivity contribution >= 4 is 23.5 Å². The number of H-pyrrole nitrogens is 1. The van der Waals surface area contributed by atoms with Gasteiger partial charge in [0.15, 0.2) is 5.82 Å². The number of nitrogens with two attached hydrogens (primary N) is 1. The van der Waals surface area contributed by atoms with Crippen LogP contribution in [0, 0.1) is 6.92 Å². The first-order valence-electron chi connectivity index (χ1n) is 6.14. The molecule has 18 heavy (non-hydrogen) atoms. The summed E-state index contributed by atoms with van der Waals surface area (Å²) in [6.07, 6.45) is 1.00. The third kappa shape index (κ3) is 2.63. The second kappa shape index (κ2) is 4.84. The Bertz CT molecular complexity index is 435. The van der Waals surface area contributed by atoms with E-state index < -0.39 is 0 Å². The minimum atomic E-state index is -0.00273. The Kier molecular flexibility index (Phi) is 3.56. The fourth-order valence-corrected chi connectivity index (χ4v) is 3.20. The molecule has 0 unspecified atom stereocenters. The molecular formula is C12H20N4OS. The Balaban J connectivity index is 2.15. The summed E-state index contributed by atoms with van der Waals surface area (Å²) in [5, 5.41) is 6.65. The van der Waals surface area contributed by atoms with Gasteiger partial charge < -0.3 is 10.6 Å². The maximum atomic E-state index is 12.4. The fourth-order valence-electron chi connectivity index (χ4n) is 2.10. The molecule has 1 aliphatic heterocycles. The van der Waals surface area contributed by atoms with E-state index >= 15 is 0 Å². The average molecular weight is 268 g/mol. The van der Waals surface area contributed by atoms with Crippen molar-refractivity contribution in [2.24, 2.45) is 0 Å². The summed E-state index contributed by atoms with van der Waals surface area (Å²) in [6.45, 7) is 7.83. The first-order chi connectivity index (χ1) is 8.41. The number of carbonyl (C=O) groups excluding carboxylic acids is 1. The number of rotatable bonds is 1. The lowest BCUT2D eigenvalue weighted by molar-refractivity contribution is 0.0765. The molecule has 6 heteroatoms. The maximum absolute atomic E-state index is 12.4. The van der Waals surface area contributed by atoms with Crippen molar-refractivity contribution in [1.29, 1.82) is 0 Å². The molecule has 0 bridgehead atoms. The van der Waals surface area contributed by atoms with Crippen LogP contribution < -0.4 is 5.73 Å².